The zero-order chi connectivity index (χ0) is 23.1. The second-order valence-corrected chi connectivity index (χ2v) is 9.48. The monoisotopic (exact) mass is 451 g/mol. The van der Waals surface area contributed by atoms with Crippen molar-refractivity contribution in [2.45, 2.75) is 75.7 Å². The highest BCUT2D eigenvalue weighted by molar-refractivity contribution is 5.95. The molecule has 1 N–H and O–H groups in total. The Bertz CT molecular complexity index is 892. The van der Waals surface area contributed by atoms with Crippen LogP contribution in [0.2, 0.25) is 0 Å². The van der Waals surface area contributed by atoms with E-state index in [1.165, 1.54) is 24.3 Å². The molecule has 3 nitrogen and oxygen atoms in total. The third-order valence-corrected chi connectivity index (χ3v) is 7.26. The molecule has 4 rings (SSSR count). The van der Waals surface area contributed by atoms with Crippen molar-refractivity contribution in [3.63, 3.8) is 0 Å². The minimum atomic E-state index is -4.81. The SMILES string of the molecule is C[C@](O)(c1ccc(C(=O)N(C2CCC(C3CC=CC=C3F)CC2)C2CC2)cc1)C(F)(F)F. The average molecular weight is 452 g/mol. The summed E-state index contributed by atoms with van der Waals surface area (Å²) in [4.78, 5) is 15.2. The predicted molar refractivity (Wildman–Crippen MR) is 113 cm³/mol. The first-order valence-corrected chi connectivity index (χ1v) is 11.3. The predicted octanol–water partition coefficient (Wildman–Crippen LogP) is 6.05. The minimum absolute atomic E-state index is 0.0547. The number of nitrogens with zero attached hydrogens (tertiary/aromatic N) is 1. The zero-order valence-electron chi connectivity index (χ0n) is 18.1. The molecule has 32 heavy (non-hydrogen) atoms. The number of carbonyl (C=O) groups excluding carboxylic acids is 1. The summed E-state index contributed by atoms with van der Waals surface area (Å²) < 4.78 is 53.5. The summed E-state index contributed by atoms with van der Waals surface area (Å²) in [7, 11) is 0. The largest absolute Gasteiger partial charge is 0.421 e. The molecule has 2 saturated carbocycles. The molecule has 0 spiro atoms. The summed E-state index contributed by atoms with van der Waals surface area (Å²) in [5, 5.41) is 9.86. The number of benzene rings is 1. The van der Waals surface area contributed by atoms with E-state index in [1.807, 2.05) is 11.0 Å². The van der Waals surface area contributed by atoms with Crippen molar-refractivity contribution in [1.82, 2.24) is 4.90 Å². The topological polar surface area (TPSA) is 40.5 Å². The Morgan fingerprint density at radius 2 is 1.56 bits per heavy atom. The van der Waals surface area contributed by atoms with Crippen LogP contribution in [-0.4, -0.2) is 34.2 Å². The zero-order valence-corrected chi connectivity index (χ0v) is 18.1. The fraction of sp³-hybridized carbons (Fsp3) is 0.560. The number of allylic oxidation sites excluding steroid dienone is 4. The molecular weight excluding hydrogens is 422 g/mol. The quantitative estimate of drug-likeness (QED) is 0.554. The van der Waals surface area contributed by atoms with Gasteiger partial charge in [0.25, 0.3) is 5.91 Å². The van der Waals surface area contributed by atoms with E-state index in [-0.39, 0.29) is 41.2 Å². The van der Waals surface area contributed by atoms with E-state index in [9.17, 15) is 27.5 Å². The van der Waals surface area contributed by atoms with Crippen molar-refractivity contribution in [2.24, 2.45) is 11.8 Å². The Balaban J connectivity index is 1.44. The van der Waals surface area contributed by atoms with E-state index in [0.29, 0.717) is 12.5 Å². The van der Waals surface area contributed by atoms with E-state index in [1.54, 1.807) is 12.2 Å². The number of alkyl halides is 3. The molecule has 1 unspecified atom stereocenters. The van der Waals surface area contributed by atoms with Crippen molar-refractivity contribution in [3.8, 4) is 0 Å². The lowest BCUT2D eigenvalue weighted by molar-refractivity contribution is -0.258. The third-order valence-electron chi connectivity index (χ3n) is 7.26. The standard InChI is InChI=1S/C25H29F4NO2/c1-24(32,25(27,28)29)18-10-6-17(7-11-18)23(31)30(20-14-15-20)19-12-8-16(9-13-19)21-4-2-3-5-22(21)26/h2-3,5-7,10-11,16,19-21,32H,4,8-9,12-15H2,1H3/t16?,19?,21?,24-/m0/s1. The van der Waals surface area contributed by atoms with Gasteiger partial charge in [0.05, 0.1) is 0 Å². The van der Waals surface area contributed by atoms with Gasteiger partial charge in [-0.1, -0.05) is 24.3 Å². The van der Waals surface area contributed by atoms with Crippen LogP contribution in [0.15, 0.2) is 48.3 Å². The molecule has 0 aromatic heterocycles. The third kappa shape index (κ3) is 4.49. The van der Waals surface area contributed by atoms with Gasteiger partial charge in [0.1, 0.15) is 5.83 Å². The Kier molecular flexibility index (Phi) is 6.23. The van der Waals surface area contributed by atoms with Crippen molar-refractivity contribution < 1.29 is 27.5 Å². The number of aliphatic hydroxyl groups is 1. The summed E-state index contributed by atoms with van der Waals surface area (Å²) >= 11 is 0. The van der Waals surface area contributed by atoms with E-state index in [4.69, 9.17) is 0 Å². The first kappa shape index (κ1) is 23.0. The van der Waals surface area contributed by atoms with Crippen LogP contribution in [0.1, 0.15) is 67.8 Å². The Labute approximate surface area is 185 Å². The summed E-state index contributed by atoms with van der Waals surface area (Å²) in [5.41, 5.74) is -2.94. The lowest BCUT2D eigenvalue weighted by atomic mass is 9.75. The maximum Gasteiger partial charge on any atom is 0.421 e. The van der Waals surface area contributed by atoms with Gasteiger partial charge in [0.15, 0.2) is 5.60 Å². The first-order valence-electron chi connectivity index (χ1n) is 11.3. The van der Waals surface area contributed by atoms with Crippen LogP contribution in [0.5, 0.6) is 0 Å². The summed E-state index contributed by atoms with van der Waals surface area (Å²) in [6.07, 6.45) is 6.39. The highest BCUT2D eigenvalue weighted by Crippen LogP contribution is 2.42. The van der Waals surface area contributed by atoms with E-state index in [0.717, 1.165) is 44.9 Å². The normalized spacial score (nSPS) is 28.1. The van der Waals surface area contributed by atoms with Crippen LogP contribution >= 0.6 is 0 Å². The van der Waals surface area contributed by atoms with Crippen molar-refractivity contribution in [3.05, 3.63) is 59.4 Å². The van der Waals surface area contributed by atoms with Gasteiger partial charge in [-0.25, -0.2) is 4.39 Å². The molecule has 2 atom stereocenters. The highest BCUT2D eigenvalue weighted by atomic mass is 19.4. The van der Waals surface area contributed by atoms with Gasteiger partial charge in [0.2, 0.25) is 0 Å². The van der Waals surface area contributed by atoms with Crippen molar-refractivity contribution in [1.29, 1.82) is 0 Å². The van der Waals surface area contributed by atoms with Crippen LogP contribution in [0.4, 0.5) is 17.6 Å². The Morgan fingerprint density at radius 3 is 2.06 bits per heavy atom. The number of amides is 1. The molecule has 7 heteroatoms. The number of hydrogen-bond donors (Lipinski definition) is 1. The minimum Gasteiger partial charge on any atom is -0.376 e. The molecule has 2 fully saturated rings. The van der Waals surface area contributed by atoms with Gasteiger partial charge in [-0.15, -0.1) is 0 Å². The van der Waals surface area contributed by atoms with Crippen LogP contribution in [-0.2, 0) is 5.60 Å². The first-order chi connectivity index (χ1) is 15.1. The number of hydrogen-bond acceptors (Lipinski definition) is 2. The second-order valence-electron chi connectivity index (χ2n) is 9.48. The van der Waals surface area contributed by atoms with Gasteiger partial charge in [0, 0.05) is 23.6 Å². The fourth-order valence-corrected chi connectivity index (χ4v) is 5.05. The maximum atomic E-state index is 14.2. The summed E-state index contributed by atoms with van der Waals surface area (Å²) in [5.74, 6) is -0.0331. The maximum absolute atomic E-state index is 14.2. The van der Waals surface area contributed by atoms with Crippen molar-refractivity contribution >= 4 is 5.91 Å². The molecule has 0 saturated heterocycles. The molecule has 0 aliphatic heterocycles. The van der Waals surface area contributed by atoms with Gasteiger partial charge in [-0.3, -0.25) is 4.79 Å². The fourth-order valence-electron chi connectivity index (χ4n) is 5.05. The lowest BCUT2D eigenvalue weighted by Crippen LogP contribution is -2.44. The Morgan fingerprint density at radius 1 is 1.00 bits per heavy atom. The molecule has 1 amide bonds. The molecular formula is C25H29F4NO2. The molecule has 0 bridgehead atoms. The number of carbonyl (C=O) groups is 1. The molecule has 174 valence electrons. The summed E-state index contributed by atoms with van der Waals surface area (Å²) in [6, 6.07) is 5.32. The molecule has 3 aliphatic rings. The van der Waals surface area contributed by atoms with E-state index < -0.39 is 11.8 Å². The van der Waals surface area contributed by atoms with E-state index in [2.05, 4.69) is 0 Å². The molecule has 1 aromatic carbocycles. The molecule has 1 aromatic rings. The lowest BCUT2D eigenvalue weighted by Gasteiger charge is -2.39. The Hall–Kier alpha value is -2.15. The number of rotatable bonds is 5. The van der Waals surface area contributed by atoms with Crippen LogP contribution in [0, 0.1) is 11.8 Å². The van der Waals surface area contributed by atoms with Gasteiger partial charge in [-0.05, 0) is 81.6 Å². The van der Waals surface area contributed by atoms with Crippen LogP contribution in [0.25, 0.3) is 0 Å². The van der Waals surface area contributed by atoms with Gasteiger partial charge < -0.3 is 10.0 Å². The van der Waals surface area contributed by atoms with Crippen LogP contribution < -0.4 is 0 Å². The van der Waals surface area contributed by atoms with Crippen LogP contribution in [0.3, 0.4) is 0 Å². The average Bonchev–Trinajstić information content (AvgIpc) is 3.59. The smallest absolute Gasteiger partial charge is 0.376 e. The summed E-state index contributed by atoms with van der Waals surface area (Å²) in [6.45, 7) is 0.707. The molecule has 0 radical (unpaired) electrons. The second kappa shape index (κ2) is 8.65. The van der Waals surface area contributed by atoms with Gasteiger partial charge >= 0.3 is 6.18 Å². The van der Waals surface area contributed by atoms with E-state index >= 15 is 0 Å². The molecule has 0 heterocycles. The molecule has 3 aliphatic carbocycles. The van der Waals surface area contributed by atoms with Crippen molar-refractivity contribution in [2.75, 3.05) is 0 Å². The number of halogens is 4. The van der Waals surface area contributed by atoms with Gasteiger partial charge in [-0.2, -0.15) is 13.2 Å². The highest BCUT2D eigenvalue weighted by Gasteiger charge is 2.51.